The molecule has 10 heteroatoms. The van der Waals surface area contributed by atoms with Crippen LogP contribution in [0.3, 0.4) is 0 Å². The van der Waals surface area contributed by atoms with Gasteiger partial charge in [0.2, 0.25) is 11.8 Å². The highest BCUT2D eigenvalue weighted by Gasteiger charge is 2.20. The quantitative estimate of drug-likeness (QED) is 0.100. The van der Waals surface area contributed by atoms with Gasteiger partial charge in [-0.05, 0) is 24.5 Å². The number of carbonyl (C=O) groups excluding carboxylic acids is 2. The van der Waals surface area contributed by atoms with E-state index in [1.165, 1.54) is 6.34 Å². The van der Waals surface area contributed by atoms with Crippen LogP contribution < -0.4 is 21.8 Å². The fourth-order valence-corrected chi connectivity index (χ4v) is 2.27. The molecule has 1 atom stereocenters. The Morgan fingerprint density at radius 2 is 2.07 bits per heavy atom. The van der Waals surface area contributed by atoms with E-state index in [0.717, 1.165) is 19.4 Å². The van der Waals surface area contributed by atoms with Gasteiger partial charge in [-0.3, -0.25) is 14.6 Å². The van der Waals surface area contributed by atoms with Crippen molar-refractivity contribution >= 4 is 24.1 Å². The number of carboxylic acids is 1. The molecule has 0 saturated carbocycles. The zero-order chi connectivity index (χ0) is 19.9. The first-order chi connectivity index (χ1) is 13.0. The molecule has 10 nitrogen and oxygen atoms in total. The van der Waals surface area contributed by atoms with Crippen LogP contribution in [0, 0.1) is 0 Å². The van der Waals surface area contributed by atoms with Gasteiger partial charge < -0.3 is 26.9 Å². The molecule has 2 amide bonds. The predicted molar refractivity (Wildman–Crippen MR) is 99.7 cm³/mol. The van der Waals surface area contributed by atoms with E-state index in [-0.39, 0.29) is 18.9 Å². The third-order valence-electron chi connectivity index (χ3n) is 3.63. The van der Waals surface area contributed by atoms with Crippen molar-refractivity contribution in [1.29, 1.82) is 0 Å². The lowest BCUT2D eigenvalue weighted by molar-refractivity contribution is -0.141. The number of hydrogen-bond donors (Lipinski definition) is 5. The van der Waals surface area contributed by atoms with E-state index in [9.17, 15) is 19.5 Å². The van der Waals surface area contributed by atoms with Crippen molar-refractivity contribution in [3.05, 3.63) is 30.1 Å². The summed E-state index contributed by atoms with van der Waals surface area (Å²) in [4.78, 5) is 38.8. The maximum Gasteiger partial charge on any atom is 0.326 e. The monoisotopic (exact) mass is 378 g/mol. The van der Waals surface area contributed by atoms with Gasteiger partial charge in [0.05, 0.1) is 6.54 Å². The van der Waals surface area contributed by atoms with Crippen LogP contribution in [0.5, 0.6) is 0 Å². The number of pyridine rings is 1. The Bertz CT molecular complexity index is 623. The number of carbonyl (C=O) groups is 3. The number of carboxylic acid groups (broad SMARTS) is 1. The number of aliphatic carboxylic acids is 1. The molecular formula is C17H26N6O4. The summed E-state index contributed by atoms with van der Waals surface area (Å²) in [5.74, 6) is 2.99. The highest BCUT2D eigenvalue weighted by Crippen LogP contribution is 2.02. The summed E-state index contributed by atoms with van der Waals surface area (Å²) in [6, 6.07) is 2.34. The van der Waals surface area contributed by atoms with Crippen molar-refractivity contribution in [3.8, 4) is 0 Å². The number of unbranched alkanes of at least 4 members (excludes halogenated alkanes) is 2. The summed E-state index contributed by atoms with van der Waals surface area (Å²) >= 11 is 0. The third-order valence-corrected chi connectivity index (χ3v) is 3.63. The summed E-state index contributed by atoms with van der Waals surface area (Å²) in [7, 11) is 0. The van der Waals surface area contributed by atoms with Gasteiger partial charge in [0.25, 0.3) is 0 Å². The van der Waals surface area contributed by atoms with Crippen molar-refractivity contribution in [1.82, 2.24) is 20.9 Å². The number of nitrogens with zero attached hydrogens (tertiary/aromatic N) is 2. The summed E-state index contributed by atoms with van der Waals surface area (Å²) in [5.41, 5.74) is 0.696. The van der Waals surface area contributed by atoms with Gasteiger partial charge in [-0.15, -0.1) is 0 Å². The molecular weight excluding hydrogens is 352 g/mol. The van der Waals surface area contributed by atoms with E-state index >= 15 is 0 Å². The number of amides is 2. The van der Waals surface area contributed by atoms with E-state index in [0.29, 0.717) is 18.4 Å². The smallest absolute Gasteiger partial charge is 0.326 e. The average Bonchev–Trinajstić information content (AvgIpc) is 2.66. The molecule has 0 fully saturated rings. The van der Waals surface area contributed by atoms with Crippen molar-refractivity contribution in [2.75, 3.05) is 13.1 Å². The molecule has 0 spiro atoms. The molecule has 0 radical (unpaired) electrons. The van der Waals surface area contributed by atoms with Crippen LogP contribution in [0.25, 0.3) is 0 Å². The Hall–Kier alpha value is -3.17. The molecule has 1 aromatic rings. The Labute approximate surface area is 157 Å². The standard InChI is InChI=1S/C17H26N6O4/c18-22-12-20-7-3-1-2-6-15(24)21-11-16(25)23-14(17(26)27)9-13-5-4-8-19-10-13/h4-5,8,10,12,14H,1-3,6-7,9,11,18H2,(H,20,22)(H,21,24)(H,23,25)(H,26,27). The minimum atomic E-state index is -1.15. The predicted octanol–water partition coefficient (Wildman–Crippen LogP) is -0.638. The molecule has 0 saturated heterocycles. The van der Waals surface area contributed by atoms with Gasteiger partial charge in [-0.2, -0.15) is 5.10 Å². The second kappa shape index (κ2) is 13.1. The SMILES string of the molecule is NN=CNCCCCCC(=O)NCC(=O)NC(Cc1cccnc1)C(=O)O. The third kappa shape index (κ3) is 10.4. The Morgan fingerprint density at radius 1 is 1.26 bits per heavy atom. The summed E-state index contributed by atoms with van der Waals surface area (Å²) in [6.45, 7) is 0.461. The van der Waals surface area contributed by atoms with E-state index in [4.69, 9.17) is 5.84 Å². The first kappa shape index (κ1) is 21.9. The first-order valence-electron chi connectivity index (χ1n) is 8.65. The summed E-state index contributed by atoms with van der Waals surface area (Å²) in [6.07, 6.45) is 7.35. The first-order valence-corrected chi connectivity index (χ1v) is 8.65. The summed E-state index contributed by atoms with van der Waals surface area (Å²) < 4.78 is 0. The molecule has 0 aliphatic rings. The fraction of sp³-hybridized carbons (Fsp3) is 0.471. The number of aromatic nitrogens is 1. The van der Waals surface area contributed by atoms with Gasteiger partial charge in [0, 0.05) is 31.8 Å². The second-order valence-electron chi connectivity index (χ2n) is 5.84. The molecule has 1 heterocycles. The van der Waals surface area contributed by atoms with Crippen LogP contribution in [0.15, 0.2) is 29.6 Å². The van der Waals surface area contributed by atoms with E-state index in [1.54, 1.807) is 24.5 Å². The molecule has 1 unspecified atom stereocenters. The van der Waals surface area contributed by atoms with Crippen molar-refractivity contribution < 1.29 is 19.5 Å². The van der Waals surface area contributed by atoms with Crippen LogP contribution in [-0.4, -0.2) is 53.3 Å². The number of nitrogens with two attached hydrogens (primary N) is 1. The molecule has 0 aromatic carbocycles. The second-order valence-corrected chi connectivity index (χ2v) is 5.84. The van der Waals surface area contributed by atoms with Crippen LogP contribution in [0.2, 0.25) is 0 Å². The Morgan fingerprint density at radius 3 is 2.74 bits per heavy atom. The van der Waals surface area contributed by atoms with E-state index in [1.807, 2.05) is 0 Å². The zero-order valence-corrected chi connectivity index (χ0v) is 15.1. The molecule has 0 aliphatic carbocycles. The zero-order valence-electron chi connectivity index (χ0n) is 15.1. The van der Waals surface area contributed by atoms with Gasteiger partial charge in [0.15, 0.2) is 0 Å². The van der Waals surface area contributed by atoms with E-state index < -0.39 is 17.9 Å². The lowest BCUT2D eigenvalue weighted by Crippen LogP contribution is -2.46. The molecule has 0 aliphatic heterocycles. The van der Waals surface area contributed by atoms with Crippen molar-refractivity contribution in [3.63, 3.8) is 0 Å². The van der Waals surface area contributed by atoms with Crippen LogP contribution >= 0.6 is 0 Å². The van der Waals surface area contributed by atoms with Crippen LogP contribution in [-0.2, 0) is 20.8 Å². The van der Waals surface area contributed by atoms with Gasteiger partial charge in [-0.1, -0.05) is 12.5 Å². The van der Waals surface area contributed by atoms with Gasteiger partial charge in [-0.25, -0.2) is 4.79 Å². The fourth-order valence-electron chi connectivity index (χ4n) is 2.27. The molecule has 0 bridgehead atoms. The average molecular weight is 378 g/mol. The van der Waals surface area contributed by atoms with Gasteiger partial charge >= 0.3 is 5.97 Å². The maximum absolute atomic E-state index is 11.9. The molecule has 148 valence electrons. The minimum absolute atomic E-state index is 0.117. The van der Waals surface area contributed by atoms with Crippen LogP contribution in [0.4, 0.5) is 0 Å². The van der Waals surface area contributed by atoms with Crippen LogP contribution in [0.1, 0.15) is 31.2 Å². The summed E-state index contributed by atoms with van der Waals surface area (Å²) in [5, 5.41) is 20.3. The molecule has 1 aromatic heterocycles. The lowest BCUT2D eigenvalue weighted by atomic mass is 10.1. The number of hydrazone groups is 1. The normalized spacial score (nSPS) is 11.7. The van der Waals surface area contributed by atoms with E-state index in [2.05, 4.69) is 26.0 Å². The number of nitrogens with one attached hydrogen (secondary N) is 3. The molecule has 6 N–H and O–H groups in total. The Balaban J connectivity index is 2.23. The largest absolute Gasteiger partial charge is 0.480 e. The highest BCUT2D eigenvalue weighted by molar-refractivity contribution is 5.87. The van der Waals surface area contributed by atoms with Gasteiger partial charge in [0.1, 0.15) is 12.4 Å². The lowest BCUT2D eigenvalue weighted by Gasteiger charge is -2.14. The van der Waals surface area contributed by atoms with Crippen molar-refractivity contribution in [2.45, 2.75) is 38.1 Å². The molecule has 27 heavy (non-hydrogen) atoms. The highest BCUT2D eigenvalue weighted by atomic mass is 16.4. The molecule has 1 rings (SSSR count). The number of rotatable bonds is 13. The van der Waals surface area contributed by atoms with Crippen molar-refractivity contribution in [2.24, 2.45) is 10.9 Å². The number of hydrogen-bond acceptors (Lipinski definition) is 6. The maximum atomic E-state index is 11.9. The topological polar surface area (TPSA) is 159 Å². The Kier molecular flexibility index (Phi) is 10.6. The minimum Gasteiger partial charge on any atom is -0.480 e.